The van der Waals surface area contributed by atoms with E-state index in [1.807, 2.05) is 0 Å². The fourth-order valence-electron chi connectivity index (χ4n) is 0. The summed E-state index contributed by atoms with van der Waals surface area (Å²) in [4.78, 5) is 0. The molecule has 0 saturated heterocycles. The van der Waals surface area contributed by atoms with Gasteiger partial charge in [0.1, 0.15) is 0 Å². The summed E-state index contributed by atoms with van der Waals surface area (Å²) in [6.07, 6.45) is 0. The first-order chi connectivity index (χ1) is 4.00. The number of hydrogen-bond acceptors (Lipinski definition) is 8. The van der Waals surface area contributed by atoms with Crippen LogP contribution in [0.2, 0.25) is 0 Å². The Kier molecular flexibility index (Phi) is 28.1. The van der Waals surface area contributed by atoms with Gasteiger partial charge in [0, 0.05) is 10.4 Å². The summed E-state index contributed by atoms with van der Waals surface area (Å²) in [5, 5.41) is 0. The average Bonchev–Trinajstić information content (AvgIpc) is 1.12. The van der Waals surface area contributed by atoms with Crippen LogP contribution >= 0.6 is 0 Å². The molecular weight excluding hydrogens is 381 g/mol. The van der Waals surface area contributed by atoms with Crippen LogP contribution in [-0.4, -0.2) is 55.3 Å². The van der Waals surface area contributed by atoms with Crippen molar-refractivity contribution in [2.75, 3.05) is 0 Å². The largest absolute Gasteiger partial charge is 2.00 e. The van der Waals surface area contributed by atoms with Gasteiger partial charge in [0.05, 0.1) is 0 Å². The van der Waals surface area contributed by atoms with Crippen molar-refractivity contribution in [3.05, 3.63) is 0 Å². The topological polar surface area (TPSA) is 161 Å². The molecule has 0 heterocycles. The first kappa shape index (κ1) is 29.5. The van der Waals surface area contributed by atoms with Crippen LogP contribution in [0.3, 0.4) is 0 Å². The Morgan fingerprint density at radius 2 is 1.00 bits per heavy atom. The van der Waals surface area contributed by atoms with Gasteiger partial charge in [-0.25, -0.2) is 0 Å². The normalized spacial score (nSPS) is 8.92. The zero-order chi connectivity index (χ0) is 9.00. The average molecular weight is 381 g/mol. The van der Waals surface area contributed by atoms with Crippen molar-refractivity contribution in [1.82, 2.24) is 0 Å². The fraction of sp³-hybridized carbons (Fsp3) is 0. The van der Waals surface area contributed by atoms with Gasteiger partial charge in [-0.15, -0.1) is 0 Å². The maximum atomic E-state index is 8.59. The number of hydrogen-bond donors (Lipinski definition) is 0. The van der Waals surface area contributed by atoms with E-state index >= 15 is 0 Å². The van der Waals surface area contributed by atoms with Crippen molar-refractivity contribution in [1.29, 1.82) is 0 Å². The molecule has 13 heteroatoms. The Hall–Kier alpha value is 2.33. The zero-order valence-electron chi connectivity index (χ0n) is 5.80. The number of rotatable bonds is 0. The minimum atomic E-state index is -5.75. The van der Waals surface area contributed by atoms with Gasteiger partial charge in [-0.1, -0.05) is 0 Å². The molecule has 0 unspecified atom stereocenters. The van der Waals surface area contributed by atoms with Crippen LogP contribution in [0.4, 0.5) is 0 Å². The van der Waals surface area contributed by atoms with Crippen LogP contribution in [-0.2, 0) is 68.2 Å². The quantitative estimate of drug-likeness (QED) is 0.231. The summed E-state index contributed by atoms with van der Waals surface area (Å²) in [6, 6.07) is 0. The molecule has 0 N–H and O–H groups in total. The van der Waals surface area contributed by atoms with Crippen LogP contribution < -0.4 is 8.32 Å². The SMILES string of the molecule is O=S(=O)([O-])[O-].[Ca+2].[Cu+2].[O]=[Cr](=[O])([O-])[O-].[Zn+2]. The molecule has 13 heavy (non-hydrogen) atoms. The molecule has 0 aromatic carbocycles. The second-order valence-corrected chi connectivity index (χ2v) is 2.91. The Balaban J connectivity index is -0.0000000267. The van der Waals surface area contributed by atoms with Crippen molar-refractivity contribution in [3.8, 4) is 0 Å². The molecule has 0 fully saturated rings. The molecule has 0 atom stereocenters. The molecule has 8 nitrogen and oxygen atoms in total. The summed E-state index contributed by atoms with van der Waals surface area (Å²) < 4.78 is 68.5. The van der Waals surface area contributed by atoms with E-state index < -0.39 is 24.0 Å². The minimum absolute atomic E-state index is 0. The fourth-order valence-corrected chi connectivity index (χ4v) is 0. The first-order valence-corrected chi connectivity index (χ1v) is 4.75. The van der Waals surface area contributed by atoms with Gasteiger partial charge >= 0.3 is 104 Å². The van der Waals surface area contributed by atoms with E-state index in [1.165, 1.54) is 0 Å². The Labute approximate surface area is 130 Å². The molecule has 0 amide bonds. The molecule has 0 aliphatic rings. The predicted molar refractivity (Wildman–Crippen MR) is 17.6 cm³/mol. The Morgan fingerprint density at radius 1 is 1.00 bits per heavy atom. The van der Waals surface area contributed by atoms with Gasteiger partial charge in [0.25, 0.3) is 0 Å². The van der Waals surface area contributed by atoms with Gasteiger partial charge < -0.3 is 9.11 Å². The molecule has 0 rings (SSSR count). The molecule has 0 aliphatic carbocycles. The zero-order valence-corrected chi connectivity index (χ0v) is 14.0. The van der Waals surface area contributed by atoms with Crippen LogP contribution in [0.15, 0.2) is 0 Å². The molecular formula is CaCrCuO8SZn+2. The van der Waals surface area contributed by atoms with Gasteiger partial charge in [0.15, 0.2) is 0 Å². The maximum absolute atomic E-state index is 8.59. The Bertz CT molecular complexity index is 221. The summed E-state index contributed by atoms with van der Waals surface area (Å²) in [5.41, 5.74) is 0. The summed E-state index contributed by atoms with van der Waals surface area (Å²) in [7, 11) is -5.17. The third kappa shape index (κ3) is 403. The van der Waals surface area contributed by atoms with Crippen molar-refractivity contribution in [2.45, 2.75) is 0 Å². The van der Waals surface area contributed by atoms with E-state index in [0.29, 0.717) is 0 Å². The second kappa shape index (κ2) is 12.4. The second-order valence-electron chi connectivity index (χ2n) is 0.816. The third-order valence-corrected chi connectivity index (χ3v) is 0. The summed E-state index contributed by atoms with van der Waals surface area (Å²) >= 11 is -5.75. The van der Waals surface area contributed by atoms with Gasteiger partial charge in [-0.05, 0) is 0 Å². The smallest absolute Gasteiger partial charge is 2.00 e. The maximum Gasteiger partial charge on any atom is 2.00 e. The molecule has 0 bridgehead atoms. The van der Waals surface area contributed by atoms with E-state index in [-0.39, 0.29) is 74.3 Å². The van der Waals surface area contributed by atoms with Gasteiger partial charge in [-0.2, -0.15) is 0 Å². The van der Waals surface area contributed by atoms with Gasteiger partial charge in [0.2, 0.25) is 0 Å². The molecule has 1 radical (unpaired) electrons. The van der Waals surface area contributed by atoms with Crippen molar-refractivity contribution < 1.29 is 83.6 Å². The van der Waals surface area contributed by atoms with Crippen molar-refractivity contribution in [2.24, 2.45) is 0 Å². The molecule has 0 aromatic heterocycles. The van der Waals surface area contributed by atoms with E-state index in [4.69, 9.17) is 33.4 Å². The monoisotopic (exact) mass is 379 g/mol. The molecule has 0 saturated carbocycles. The molecule has 0 spiro atoms. The van der Waals surface area contributed by atoms with Crippen molar-refractivity contribution >= 4 is 48.1 Å². The van der Waals surface area contributed by atoms with E-state index in [2.05, 4.69) is 0 Å². The standard InChI is InChI=1S/Ca.Cr.Cu.H2O4S.4O.Zn/c;;;1-5(2,3)4;;;;;/h;;;(H2,1,2,3,4);;;;;/q+2;;+2;;;;2*-1;+2/p-2. The Morgan fingerprint density at radius 3 is 1.00 bits per heavy atom. The molecule has 0 aliphatic heterocycles. The molecule has 73 valence electrons. The van der Waals surface area contributed by atoms with E-state index in [0.717, 1.165) is 0 Å². The minimum Gasteiger partial charge on any atom is 2.00 e. The van der Waals surface area contributed by atoms with Crippen LogP contribution in [0.5, 0.6) is 0 Å². The summed E-state index contributed by atoms with van der Waals surface area (Å²) in [5.74, 6) is 0. The van der Waals surface area contributed by atoms with Crippen LogP contribution in [0.1, 0.15) is 0 Å². The first-order valence-electron chi connectivity index (χ1n) is 1.33. The molecule has 0 aromatic rings. The van der Waals surface area contributed by atoms with Crippen LogP contribution in [0, 0.1) is 0 Å². The van der Waals surface area contributed by atoms with Crippen molar-refractivity contribution in [3.63, 3.8) is 0 Å². The van der Waals surface area contributed by atoms with E-state index in [1.54, 1.807) is 0 Å². The van der Waals surface area contributed by atoms with E-state index in [9.17, 15) is 0 Å². The predicted octanol–water partition coefficient (Wildman–Crippen LogP) is -4.34. The summed E-state index contributed by atoms with van der Waals surface area (Å²) in [6.45, 7) is 0. The van der Waals surface area contributed by atoms with Crippen LogP contribution in [0.25, 0.3) is 0 Å². The van der Waals surface area contributed by atoms with Gasteiger partial charge in [-0.3, -0.25) is 8.42 Å². The third-order valence-electron chi connectivity index (χ3n) is 0.